The number of carbonyl (C=O) groups excluding carboxylic acids is 1. The van der Waals surface area contributed by atoms with E-state index in [1.54, 1.807) is 12.4 Å². The Bertz CT molecular complexity index is 1020. The van der Waals surface area contributed by atoms with Crippen LogP contribution in [0.1, 0.15) is 42.1 Å². The number of rotatable bonds is 5. The second kappa shape index (κ2) is 8.34. The molecule has 1 aliphatic carbocycles. The van der Waals surface area contributed by atoms with Crippen molar-refractivity contribution in [2.45, 2.75) is 37.8 Å². The minimum absolute atomic E-state index is 0.0936. The molecule has 7 heteroatoms. The molecular weight excluding hydrogens is 368 g/mol. The van der Waals surface area contributed by atoms with Gasteiger partial charge >= 0.3 is 0 Å². The van der Waals surface area contributed by atoms with E-state index >= 15 is 0 Å². The maximum atomic E-state index is 13.0. The number of amides is 1. The number of carbonyl (C=O) groups is 1. The molecule has 4 rings (SSSR count). The predicted molar refractivity (Wildman–Crippen MR) is 110 cm³/mol. The van der Waals surface area contributed by atoms with E-state index in [9.17, 15) is 9.59 Å². The van der Waals surface area contributed by atoms with E-state index in [0.29, 0.717) is 17.3 Å². The van der Waals surface area contributed by atoms with Crippen molar-refractivity contribution in [2.75, 3.05) is 7.11 Å². The van der Waals surface area contributed by atoms with Crippen molar-refractivity contribution in [3.05, 3.63) is 77.0 Å². The fourth-order valence-electron chi connectivity index (χ4n) is 3.89. The maximum Gasteiger partial charge on any atom is 0.258 e. The average molecular weight is 392 g/mol. The van der Waals surface area contributed by atoms with Gasteiger partial charge in [0.05, 0.1) is 18.7 Å². The SMILES string of the molecule is COc1cc(=O)n(-c2ccccc2)cc1C(=O)NC1CCC(n2cccn2)CC1. The molecule has 1 fully saturated rings. The number of hydrogen-bond donors (Lipinski definition) is 1. The number of para-hydroxylation sites is 1. The Hall–Kier alpha value is -3.35. The summed E-state index contributed by atoms with van der Waals surface area (Å²) in [6.45, 7) is 0. The summed E-state index contributed by atoms with van der Waals surface area (Å²) in [7, 11) is 1.47. The molecule has 29 heavy (non-hydrogen) atoms. The Morgan fingerprint density at radius 3 is 2.55 bits per heavy atom. The Kier molecular flexibility index (Phi) is 5.46. The fourth-order valence-corrected chi connectivity index (χ4v) is 3.89. The lowest BCUT2D eigenvalue weighted by atomic mass is 9.91. The van der Waals surface area contributed by atoms with E-state index in [1.165, 1.54) is 17.7 Å². The van der Waals surface area contributed by atoms with Crippen LogP contribution in [0.3, 0.4) is 0 Å². The second-order valence-electron chi connectivity index (χ2n) is 7.26. The molecule has 0 unspecified atom stereocenters. The number of ether oxygens (including phenoxy) is 1. The molecule has 0 radical (unpaired) electrons. The van der Waals surface area contributed by atoms with Crippen molar-refractivity contribution < 1.29 is 9.53 Å². The highest BCUT2D eigenvalue weighted by Crippen LogP contribution is 2.28. The molecule has 2 aromatic heterocycles. The summed E-state index contributed by atoms with van der Waals surface area (Å²) in [6.07, 6.45) is 9.04. The first kappa shape index (κ1) is 19.0. The van der Waals surface area contributed by atoms with Crippen molar-refractivity contribution in [3.8, 4) is 11.4 Å². The summed E-state index contributed by atoms with van der Waals surface area (Å²) in [6, 6.07) is 13.0. The zero-order valence-electron chi connectivity index (χ0n) is 16.3. The first-order valence-electron chi connectivity index (χ1n) is 9.82. The molecule has 150 valence electrons. The molecule has 1 aliphatic rings. The third-order valence-electron chi connectivity index (χ3n) is 5.45. The van der Waals surface area contributed by atoms with Crippen molar-refractivity contribution in [1.82, 2.24) is 19.7 Å². The average Bonchev–Trinajstić information content (AvgIpc) is 3.29. The van der Waals surface area contributed by atoms with Crippen molar-refractivity contribution >= 4 is 5.91 Å². The van der Waals surface area contributed by atoms with Gasteiger partial charge in [0.15, 0.2) is 0 Å². The smallest absolute Gasteiger partial charge is 0.258 e. The molecule has 3 aromatic rings. The number of pyridine rings is 1. The molecule has 2 heterocycles. The second-order valence-corrected chi connectivity index (χ2v) is 7.26. The Balaban J connectivity index is 1.50. The number of benzene rings is 1. The number of aromatic nitrogens is 3. The normalized spacial score (nSPS) is 18.9. The van der Waals surface area contributed by atoms with Crippen LogP contribution in [0.2, 0.25) is 0 Å². The summed E-state index contributed by atoms with van der Waals surface area (Å²) in [5.74, 6) is 0.0546. The van der Waals surface area contributed by atoms with Crippen LogP contribution < -0.4 is 15.6 Å². The molecule has 0 atom stereocenters. The van der Waals surface area contributed by atoms with Crippen LogP contribution in [0.15, 0.2) is 65.8 Å². The molecule has 0 saturated heterocycles. The van der Waals surface area contributed by atoms with Crippen LogP contribution in [0, 0.1) is 0 Å². The first-order chi connectivity index (χ1) is 14.2. The summed E-state index contributed by atoms with van der Waals surface area (Å²) in [4.78, 5) is 25.4. The van der Waals surface area contributed by atoms with Crippen LogP contribution in [0.25, 0.3) is 5.69 Å². The molecule has 7 nitrogen and oxygen atoms in total. The summed E-state index contributed by atoms with van der Waals surface area (Å²) in [5.41, 5.74) is 0.809. The van der Waals surface area contributed by atoms with Gasteiger partial charge in [-0.3, -0.25) is 18.8 Å². The number of nitrogens with zero attached hydrogens (tertiary/aromatic N) is 3. The lowest BCUT2D eigenvalue weighted by molar-refractivity contribution is 0.0918. The summed E-state index contributed by atoms with van der Waals surface area (Å²) < 4.78 is 8.77. The first-order valence-corrected chi connectivity index (χ1v) is 9.82. The van der Waals surface area contributed by atoms with E-state index in [1.807, 2.05) is 47.3 Å². The lowest BCUT2D eigenvalue weighted by Crippen LogP contribution is -2.38. The molecule has 0 bridgehead atoms. The lowest BCUT2D eigenvalue weighted by Gasteiger charge is -2.29. The van der Waals surface area contributed by atoms with Gasteiger partial charge in [-0.2, -0.15) is 5.10 Å². The molecule has 1 N–H and O–H groups in total. The summed E-state index contributed by atoms with van der Waals surface area (Å²) >= 11 is 0. The maximum absolute atomic E-state index is 13.0. The van der Waals surface area contributed by atoms with Gasteiger partial charge in [0.25, 0.3) is 11.5 Å². The highest BCUT2D eigenvalue weighted by Gasteiger charge is 2.25. The Morgan fingerprint density at radius 1 is 1.14 bits per heavy atom. The van der Waals surface area contributed by atoms with Gasteiger partial charge < -0.3 is 10.1 Å². The Morgan fingerprint density at radius 2 is 1.90 bits per heavy atom. The van der Waals surface area contributed by atoms with Crippen molar-refractivity contribution in [1.29, 1.82) is 0 Å². The van der Waals surface area contributed by atoms with Crippen LogP contribution >= 0.6 is 0 Å². The summed E-state index contributed by atoms with van der Waals surface area (Å²) in [5, 5.41) is 7.43. The van der Waals surface area contributed by atoms with Gasteiger partial charge in [-0.15, -0.1) is 0 Å². The number of methoxy groups -OCH3 is 1. The van der Waals surface area contributed by atoms with Gasteiger partial charge in [-0.25, -0.2) is 0 Å². The van der Waals surface area contributed by atoms with E-state index in [0.717, 1.165) is 25.7 Å². The molecule has 0 spiro atoms. The van der Waals surface area contributed by atoms with E-state index in [2.05, 4.69) is 10.4 Å². The highest BCUT2D eigenvalue weighted by molar-refractivity contribution is 5.96. The Labute approximate surface area is 168 Å². The molecule has 1 saturated carbocycles. The largest absolute Gasteiger partial charge is 0.496 e. The number of hydrogen-bond acceptors (Lipinski definition) is 4. The predicted octanol–water partition coefficient (Wildman–Crippen LogP) is 2.96. The van der Waals surface area contributed by atoms with Gasteiger partial charge in [0.1, 0.15) is 5.75 Å². The molecule has 1 aromatic carbocycles. The molecular formula is C22H24N4O3. The van der Waals surface area contributed by atoms with Crippen LogP contribution in [-0.2, 0) is 0 Å². The van der Waals surface area contributed by atoms with Gasteiger partial charge in [0, 0.05) is 36.4 Å². The highest BCUT2D eigenvalue weighted by atomic mass is 16.5. The van der Waals surface area contributed by atoms with E-state index in [4.69, 9.17) is 4.74 Å². The zero-order valence-corrected chi connectivity index (χ0v) is 16.3. The van der Waals surface area contributed by atoms with E-state index < -0.39 is 0 Å². The molecule has 1 amide bonds. The van der Waals surface area contributed by atoms with Crippen molar-refractivity contribution in [3.63, 3.8) is 0 Å². The van der Waals surface area contributed by atoms with Gasteiger partial charge in [-0.1, -0.05) is 18.2 Å². The topological polar surface area (TPSA) is 78.1 Å². The van der Waals surface area contributed by atoms with Crippen LogP contribution in [-0.4, -0.2) is 33.4 Å². The zero-order chi connectivity index (χ0) is 20.2. The van der Waals surface area contributed by atoms with Gasteiger partial charge in [-0.05, 0) is 43.9 Å². The van der Waals surface area contributed by atoms with Crippen molar-refractivity contribution in [2.24, 2.45) is 0 Å². The quantitative estimate of drug-likeness (QED) is 0.724. The molecule has 0 aliphatic heterocycles. The minimum atomic E-state index is -0.246. The van der Waals surface area contributed by atoms with Gasteiger partial charge in [0.2, 0.25) is 0 Å². The number of nitrogens with one attached hydrogen (secondary N) is 1. The fraction of sp³-hybridized carbons (Fsp3) is 0.318. The standard InChI is InChI=1S/C22H24N4O3/c1-29-20-14-21(27)25(17-6-3-2-4-7-17)15-19(20)22(28)24-16-8-10-18(11-9-16)26-13-5-12-23-26/h2-7,12-16,18H,8-11H2,1H3,(H,24,28). The van der Waals surface area contributed by atoms with Crippen LogP contribution in [0.4, 0.5) is 0 Å². The monoisotopic (exact) mass is 392 g/mol. The van der Waals surface area contributed by atoms with Crippen LogP contribution in [0.5, 0.6) is 5.75 Å². The van der Waals surface area contributed by atoms with E-state index in [-0.39, 0.29) is 23.3 Å². The third kappa shape index (κ3) is 4.08. The minimum Gasteiger partial charge on any atom is -0.496 e. The third-order valence-corrected chi connectivity index (χ3v) is 5.45.